The van der Waals surface area contributed by atoms with Crippen molar-refractivity contribution in [2.75, 3.05) is 6.61 Å². The number of aromatic hydroxyl groups is 1. The largest absolute Gasteiger partial charge is 0.508 e. The molecule has 0 aliphatic heterocycles. The van der Waals surface area contributed by atoms with E-state index in [1.807, 2.05) is 0 Å². The zero-order chi connectivity index (χ0) is 14.7. The van der Waals surface area contributed by atoms with E-state index in [0.29, 0.717) is 0 Å². The van der Waals surface area contributed by atoms with Crippen molar-refractivity contribution in [1.82, 2.24) is 0 Å². The standard InChI is InChI=1S/C14H17NO5/c16-7-9-5-11(13(19)14(20)12(9)18)15-6-8-1-3-10(17)4-2-8/h1-6,11-14,16-20H,7H2/t11-,12+,13-,14?/m0/s1. The molecule has 1 aliphatic carbocycles. The predicted octanol–water partition coefficient (Wildman–Crippen LogP) is -0.805. The topological polar surface area (TPSA) is 114 Å². The highest BCUT2D eigenvalue weighted by Crippen LogP contribution is 2.22. The quantitative estimate of drug-likeness (QED) is 0.367. The summed E-state index contributed by atoms with van der Waals surface area (Å²) in [6.07, 6.45) is -0.977. The molecule has 0 heterocycles. The maximum absolute atomic E-state index is 9.85. The van der Waals surface area contributed by atoms with Gasteiger partial charge < -0.3 is 25.5 Å². The SMILES string of the molecule is OCC1=C[C@H](N=Cc2ccc(O)cc2)[C@H](O)C(O)[C@@H]1O. The van der Waals surface area contributed by atoms with Crippen LogP contribution in [0.5, 0.6) is 5.75 Å². The van der Waals surface area contributed by atoms with Crippen LogP contribution in [0.1, 0.15) is 5.56 Å². The zero-order valence-electron chi connectivity index (χ0n) is 10.7. The Balaban J connectivity index is 2.18. The van der Waals surface area contributed by atoms with Gasteiger partial charge in [-0.05, 0) is 35.4 Å². The molecule has 6 heteroatoms. The van der Waals surface area contributed by atoms with E-state index in [4.69, 9.17) is 10.2 Å². The maximum Gasteiger partial charge on any atom is 0.115 e. The highest BCUT2D eigenvalue weighted by molar-refractivity contribution is 5.80. The molecule has 108 valence electrons. The summed E-state index contributed by atoms with van der Waals surface area (Å²) in [5.74, 6) is 0.140. The fourth-order valence-electron chi connectivity index (χ4n) is 2.03. The Labute approximate surface area is 116 Å². The average molecular weight is 279 g/mol. The minimum Gasteiger partial charge on any atom is -0.508 e. The van der Waals surface area contributed by atoms with Gasteiger partial charge in [0, 0.05) is 6.21 Å². The maximum atomic E-state index is 9.85. The van der Waals surface area contributed by atoms with Gasteiger partial charge in [0.1, 0.15) is 24.1 Å². The van der Waals surface area contributed by atoms with Gasteiger partial charge in [-0.2, -0.15) is 0 Å². The van der Waals surface area contributed by atoms with Crippen LogP contribution in [-0.2, 0) is 0 Å². The predicted molar refractivity (Wildman–Crippen MR) is 72.7 cm³/mol. The van der Waals surface area contributed by atoms with Crippen LogP contribution in [0, 0.1) is 0 Å². The van der Waals surface area contributed by atoms with Gasteiger partial charge in [0.05, 0.1) is 12.6 Å². The molecule has 0 aromatic heterocycles. The number of hydrogen-bond acceptors (Lipinski definition) is 6. The first-order valence-corrected chi connectivity index (χ1v) is 6.21. The summed E-state index contributed by atoms with van der Waals surface area (Å²) in [6.45, 7) is -0.407. The Hall–Kier alpha value is -1.73. The van der Waals surface area contributed by atoms with Crippen molar-refractivity contribution in [1.29, 1.82) is 0 Å². The Morgan fingerprint density at radius 3 is 2.30 bits per heavy atom. The molecule has 0 spiro atoms. The fraction of sp³-hybridized carbons (Fsp3) is 0.357. The summed E-state index contributed by atoms with van der Waals surface area (Å²) in [6, 6.07) is 5.56. The van der Waals surface area contributed by atoms with Gasteiger partial charge in [0.15, 0.2) is 0 Å². The molecular weight excluding hydrogens is 262 g/mol. The van der Waals surface area contributed by atoms with Crippen molar-refractivity contribution in [2.24, 2.45) is 4.99 Å². The summed E-state index contributed by atoms with van der Waals surface area (Å²) < 4.78 is 0. The first kappa shape index (κ1) is 14.7. The van der Waals surface area contributed by atoms with Gasteiger partial charge in [0.2, 0.25) is 0 Å². The number of aliphatic imine (C=N–C) groups is 1. The molecule has 0 saturated heterocycles. The second-order valence-electron chi connectivity index (χ2n) is 4.69. The summed E-state index contributed by atoms with van der Waals surface area (Å²) in [5, 5.41) is 47.4. The minimum atomic E-state index is -1.39. The Kier molecular flexibility index (Phi) is 4.51. The third-order valence-electron chi connectivity index (χ3n) is 3.26. The molecule has 0 amide bonds. The van der Waals surface area contributed by atoms with Gasteiger partial charge in [-0.25, -0.2) is 0 Å². The number of benzene rings is 1. The van der Waals surface area contributed by atoms with Crippen molar-refractivity contribution in [3.8, 4) is 5.75 Å². The zero-order valence-corrected chi connectivity index (χ0v) is 10.7. The first-order valence-electron chi connectivity index (χ1n) is 6.21. The van der Waals surface area contributed by atoms with Crippen LogP contribution < -0.4 is 0 Å². The van der Waals surface area contributed by atoms with Crippen LogP contribution in [0.15, 0.2) is 40.9 Å². The number of phenolic OH excluding ortho intramolecular Hbond substituents is 1. The molecule has 2 rings (SSSR count). The van der Waals surface area contributed by atoms with Gasteiger partial charge >= 0.3 is 0 Å². The normalized spacial score (nSPS) is 30.5. The molecule has 1 aromatic carbocycles. The molecule has 4 atom stereocenters. The lowest BCUT2D eigenvalue weighted by Gasteiger charge is -2.32. The lowest BCUT2D eigenvalue weighted by Crippen LogP contribution is -2.48. The summed E-state index contributed by atoms with van der Waals surface area (Å²) in [4.78, 5) is 4.13. The van der Waals surface area contributed by atoms with E-state index in [-0.39, 0.29) is 11.3 Å². The van der Waals surface area contributed by atoms with E-state index in [1.165, 1.54) is 24.4 Å². The molecule has 0 fully saturated rings. The molecule has 1 aliphatic rings. The average Bonchev–Trinajstić information content (AvgIpc) is 2.46. The van der Waals surface area contributed by atoms with Crippen molar-refractivity contribution < 1.29 is 25.5 Å². The Morgan fingerprint density at radius 1 is 1.05 bits per heavy atom. The number of hydrogen-bond donors (Lipinski definition) is 5. The smallest absolute Gasteiger partial charge is 0.115 e. The summed E-state index contributed by atoms with van der Waals surface area (Å²) in [7, 11) is 0. The molecule has 5 N–H and O–H groups in total. The van der Waals surface area contributed by atoms with Crippen LogP contribution in [-0.4, -0.2) is 62.7 Å². The summed E-state index contributed by atoms with van der Waals surface area (Å²) in [5.41, 5.74) is 0.949. The van der Waals surface area contributed by atoms with Crippen molar-refractivity contribution >= 4 is 6.21 Å². The van der Waals surface area contributed by atoms with Crippen LogP contribution in [0.4, 0.5) is 0 Å². The molecule has 0 saturated carbocycles. The van der Waals surface area contributed by atoms with Crippen LogP contribution in [0.25, 0.3) is 0 Å². The van der Waals surface area contributed by atoms with Gasteiger partial charge in [-0.3, -0.25) is 4.99 Å². The van der Waals surface area contributed by atoms with Crippen LogP contribution in [0.3, 0.4) is 0 Å². The van der Waals surface area contributed by atoms with E-state index >= 15 is 0 Å². The lowest BCUT2D eigenvalue weighted by atomic mass is 9.88. The second-order valence-corrected chi connectivity index (χ2v) is 4.69. The highest BCUT2D eigenvalue weighted by Gasteiger charge is 2.36. The van der Waals surface area contributed by atoms with Crippen LogP contribution >= 0.6 is 0 Å². The van der Waals surface area contributed by atoms with E-state index in [2.05, 4.69) is 4.99 Å². The monoisotopic (exact) mass is 279 g/mol. The van der Waals surface area contributed by atoms with E-state index in [9.17, 15) is 15.3 Å². The molecule has 1 unspecified atom stereocenters. The number of rotatable bonds is 3. The Morgan fingerprint density at radius 2 is 1.70 bits per heavy atom. The van der Waals surface area contributed by atoms with Gasteiger partial charge in [0.25, 0.3) is 0 Å². The van der Waals surface area contributed by atoms with Crippen molar-refractivity contribution in [3.05, 3.63) is 41.5 Å². The third-order valence-corrected chi connectivity index (χ3v) is 3.26. The number of aliphatic hydroxyl groups is 4. The van der Waals surface area contributed by atoms with Crippen molar-refractivity contribution in [3.63, 3.8) is 0 Å². The Bertz CT molecular complexity index is 511. The number of aliphatic hydroxyl groups excluding tert-OH is 4. The first-order chi connectivity index (χ1) is 9.52. The van der Waals surface area contributed by atoms with Gasteiger partial charge in [-0.15, -0.1) is 0 Å². The van der Waals surface area contributed by atoms with Crippen molar-refractivity contribution in [2.45, 2.75) is 24.4 Å². The van der Waals surface area contributed by atoms with E-state index in [1.54, 1.807) is 12.1 Å². The molecule has 20 heavy (non-hydrogen) atoms. The molecular formula is C14H17NO5. The summed E-state index contributed by atoms with van der Waals surface area (Å²) >= 11 is 0. The minimum absolute atomic E-state index is 0.140. The lowest BCUT2D eigenvalue weighted by molar-refractivity contribution is -0.0592. The number of phenols is 1. The van der Waals surface area contributed by atoms with E-state index in [0.717, 1.165) is 5.56 Å². The molecule has 0 bridgehead atoms. The second kappa shape index (κ2) is 6.15. The third kappa shape index (κ3) is 3.05. The van der Waals surface area contributed by atoms with Crippen LogP contribution in [0.2, 0.25) is 0 Å². The molecule has 0 radical (unpaired) electrons. The number of nitrogens with zero attached hydrogens (tertiary/aromatic N) is 1. The highest BCUT2D eigenvalue weighted by atomic mass is 16.4. The fourth-order valence-corrected chi connectivity index (χ4v) is 2.03. The molecule has 1 aromatic rings. The van der Waals surface area contributed by atoms with E-state index < -0.39 is 31.0 Å². The van der Waals surface area contributed by atoms with Gasteiger partial charge in [-0.1, -0.05) is 6.08 Å². The molecule has 6 nitrogen and oxygen atoms in total.